The minimum Gasteiger partial charge on any atom is -0.497 e. The molecule has 4 nitrogen and oxygen atoms in total. The number of hydrogen-bond donors (Lipinski definition) is 1. The third-order valence-electron chi connectivity index (χ3n) is 4.26. The van der Waals surface area contributed by atoms with Crippen LogP contribution in [-0.2, 0) is 4.74 Å². The Morgan fingerprint density at radius 2 is 2.25 bits per heavy atom. The normalized spacial score (nSPS) is 25.9. The molecule has 1 N–H and O–H groups in total. The first-order valence-corrected chi connectivity index (χ1v) is 6.95. The van der Waals surface area contributed by atoms with Gasteiger partial charge in [0.05, 0.1) is 18.8 Å². The highest BCUT2D eigenvalue weighted by Gasteiger charge is 2.37. The molecule has 1 aliphatic heterocycles. The Kier molecular flexibility index (Phi) is 3.26. The number of aromatic nitrogens is 1. The number of ether oxygens (including phenoxy) is 2. The van der Waals surface area contributed by atoms with E-state index in [9.17, 15) is 0 Å². The average molecular weight is 272 g/mol. The third-order valence-corrected chi connectivity index (χ3v) is 4.26. The van der Waals surface area contributed by atoms with Crippen LogP contribution in [0.15, 0.2) is 30.5 Å². The summed E-state index contributed by atoms with van der Waals surface area (Å²) < 4.78 is 11.0. The molecule has 0 radical (unpaired) electrons. The van der Waals surface area contributed by atoms with Crippen molar-refractivity contribution in [1.29, 1.82) is 0 Å². The molecule has 2 aromatic rings. The average Bonchev–Trinajstić information content (AvgIpc) is 2.78. The van der Waals surface area contributed by atoms with Crippen LogP contribution in [0, 0.1) is 0 Å². The number of nitrogens with zero attached hydrogens (tertiary/aromatic N) is 1. The molecule has 2 atom stereocenters. The first kappa shape index (κ1) is 13.2. The summed E-state index contributed by atoms with van der Waals surface area (Å²) in [6, 6.07) is 8.04. The SMILES string of the molecule is COc1ccc2c(NC3(C)CCOC3C)nccc2c1. The zero-order valence-electron chi connectivity index (χ0n) is 12.1. The molecular formula is C16H20N2O2. The Morgan fingerprint density at radius 1 is 1.40 bits per heavy atom. The van der Waals surface area contributed by atoms with Gasteiger partial charge in [0, 0.05) is 18.2 Å². The van der Waals surface area contributed by atoms with E-state index in [-0.39, 0.29) is 11.6 Å². The molecule has 106 valence electrons. The summed E-state index contributed by atoms with van der Waals surface area (Å²) in [6.45, 7) is 5.09. The number of benzene rings is 1. The Labute approximate surface area is 119 Å². The first-order valence-electron chi connectivity index (χ1n) is 6.95. The molecule has 3 rings (SSSR count). The van der Waals surface area contributed by atoms with Gasteiger partial charge >= 0.3 is 0 Å². The lowest BCUT2D eigenvalue weighted by molar-refractivity contribution is 0.105. The van der Waals surface area contributed by atoms with Gasteiger partial charge in [-0.05, 0) is 49.9 Å². The van der Waals surface area contributed by atoms with Crippen LogP contribution in [0.2, 0.25) is 0 Å². The maximum Gasteiger partial charge on any atom is 0.134 e. The van der Waals surface area contributed by atoms with Crippen molar-refractivity contribution in [2.45, 2.75) is 31.9 Å². The number of methoxy groups -OCH3 is 1. The highest BCUT2D eigenvalue weighted by Crippen LogP contribution is 2.32. The lowest BCUT2D eigenvalue weighted by Gasteiger charge is -2.30. The van der Waals surface area contributed by atoms with Gasteiger partial charge in [-0.3, -0.25) is 0 Å². The van der Waals surface area contributed by atoms with E-state index >= 15 is 0 Å². The monoisotopic (exact) mass is 272 g/mol. The van der Waals surface area contributed by atoms with Gasteiger partial charge in [-0.2, -0.15) is 0 Å². The number of fused-ring (bicyclic) bond motifs is 1. The predicted octanol–water partition coefficient (Wildman–Crippen LogP) is 3.22. The maximum absolute atomic E-state index is 5.68. The van der Waals surface area contributed by atoms with Crippen LogP contribution in [0.4, 0.5) is 5.82 Å². The number of anilines is 1. The molecule has 0 aliphatic carbocycles. The molecular weight excluding hydrogens is 252 g/mol. The Balaban J connectivity index is 1.99. The Morgan fingerprint density at radius 3 is 2.95 bits per heavy atom. The number of pyridine rings is 1. The summed E-state index contributed by atoms with van der Waals surface area (Å²) in [7, 11) is 1.68. The van der Waals surface area contributed by atoms with Gasteiger partial charge in [0.25, 0.3) is 0 Å². The highest BCUT2D eigenvalue weighted by atomic mass is 16.5. The van der Waals surface area contributed by atoms with Crippen molar-refractivity contribution >= 4 is 16.6 Å². The van der Waals surface area contributed by atoms with Gasteiger partial charge in [0.1, 0.15) is 11.6 Å². The van der Waals surface area contributed by atoms with E-state index in [0.717, 1.165) is 35.4 Å². The van der Waals surface area contributed by atoms with Crippen molar-refractivity contribution in [3.05, 3.63) is 30.5 Å². The second-order valence-electron chi connectivity index (χ2n) is 5.55. The molecule has 0 saturated carbocycles. The van der Waals surface area contributed by atoms with Crippen LogP contribution in [0.1, 0.15) is 20.3 Å². The van der Waals surface area contributed by atoms with Crippen molar-refractivity contribution < 1.29 is 9.47 Å². The molecule has 1 fully saturated rings. The molecule has 1 aliphatic rings. The lowest BCUT2D eigenvalue weighted by atomic mass is 9.94. The van der Waals surface area contributed by atoms with Gasteiger partial charge in [0.15, 0.2) is 0 Å². The summed E-state index contributed by atoms with van der Waals surface area (Å²) >= 11 is 0. The van der Waals surface area contributed by atoms with Crippen LogP contribution in [-0.4, -0.2) is 30.3 Å². The Bertz CT molecular complexity index is 629. The molecule has 1 aromatic heterocycles. The summed E-state index contributed by atoms with van der Waals surface area (Å²) in [5, 5.41) is 5.80. The van der Waals surface area contributed by atoms with E-state index < -0.39 is 0 Å². The second-order valence-corrected chi connectivity index (χ2v) is 5.55. The Hall–Kier alpha value is -1.81. The molecule has 1 saturated heterocycles. The fraction of sp³-hybridized carbons (Fsp3) is 0.438. The molecule has 1 aromatic carbocycles. The van der Waals surface area contributed by atoms with Gasteiger partial charge < -0.3 is 14.8 Å². The number of rotatable bonds is 3. The topological polar surface area (TPSA) is 43.4 Å². The molecule has 0 bridgehead atoms. The van der Waals surface area contributed by atoms with E-state index in [1.807, 2.05) is 30.5 Å². The van der Waals surface area contributed by atoms with Crippen molar-refractivity contribution in [2.75, 3.05) is 19.0 Å². The van der Waals surface area contributed by atoms with Gasteiger partial charge in [-0.15, -0.1) is 0 Å². The molecule has 2 heterocycles. The summed E-state index contributed by atoms with van der Waals surface area (Å²) in [6.07, 6.45) is 2.99. The predicted molar refractivity (Wildman–Crippen MR) is 80.4 cm³/mol. The van der Waals surface area contributed by atoms with Crippen LogP contribution in [0.3, 0.4) is 0 Å². The van der Waals surface area contributed by atoms with Gasteiger partial charge in [-0.25, -0.2) is 4.98 Å². The number of hydrogen-bond acceptors (Lipinski definition) is 4. The fourth-order valence-electron chi connectivity index (χ4n) is 2.65. The van der Waals surface area contributed by atoms with Crippen LogP contribution >= 0.6 is 0 Å². The zero-order valence-corrected chi connectivity index (χ0v) is 12.1. The summed E-state index contributed by atoms with van der Waals surface area (Å²) in [5.41, 5.74) is -0.0682. The van der Waals surface area contributed by atoms with Gasteiger partial charge in [-0.1, -0.05) is 0 Å². The van der Waals surface area contributed by atoms with Gasteiger partial charge in [0.2, 0.25) is 0 Å². The fourth-order valence-corrected chi connectivity index (χ4v) is 2.65. The molecule has 4 heteroatoms. The van der Waals surface area contributed by atoms with E-state index in [2.05, 4.69) is 24.1 Å². The molecule has 20 heavy (non-hydrogen) atoms. The van der Waals surface area contributed by atoms with E-state index in [1.54, 1.807) is 7.11 Å². The lowest BCUT2D eigenvalue weighted by Crippen LogP contribution is -2.41. The standard InChI is InChI=1S/C16H20N2O2/c1-11-16(2,7-9-20-11)18-15-14-5-4-13(19-3)10-12(14)6-8-17-15/h4-6,8,10-11H,7,9H2,1-3H3,(H,17,18). The van der Waals surface area contributed by atoms with Crippen molar-refractivity contribution in [1.82, 2.24) is 4.98 Å². The van der Waals surface area contributed by atoms with E-state index in [4.69, 9.17) is 9.47 Å². The van der Waals surface area contributed by atoms with E-state index in [0.29, 0.717) is 0 Å². The molecule has 0 amide bonds. The van der Waals surface area contributed by atoms with Crippen molar-refractivity contribution in [3.63, 3.8) is 0 Å². The molecule has 0 spiro atoms. The molecule has 2 unspecified atom stereocenters. The van der Waals surface area contributed by atoms with Crippen LogP contribution < -0.4 is 10.1 Å². The summed E-state index contributed by atoms with van der Waals surface area (Å²) in [5.74, 6) is 1.77. The zero-order chi connectivity index (χ0) is 14.2. The third kappa shape index (κ3) is 2.20. The largest absolute Gasteiger partial charge is 0.497 e. The number of nitrogens with one attached hydrogen (secondary N) is 1. The quantitative estimate of drug-likeness (QED) is 0.931. The first-order chi connectivity index (χ1) is 9.62. The van der Waals surface area contributed by atoms with Crippen LogP contribution in [0.25, 0.3) is 10.8 Å². The maximum atomic E-state index is 5.68. The smallest absolute Gasteiger partial charge is 0.134 e. The van der Waals surface area contributed by atoms with Crippen molar-refractivity contribution in [3.8, 4) is 5.75 Å². The second kappa shape index (κ2) is 4.94. The van der Waals surface area contributed by atoms with Crippen LogP contribution in [0.5, 0.6) is 5.75 Å². The highest BCUT2D eigenvalue weighted by molar-refractivity contribution is 5.92. The minimum atomic E-state index is -0.0682. The van der Waals surface area contributed by atoms with E-state index in [1.165, 1.54) is 0 Å². The van der Waals surface area contributed by atoms with Crippen molar-refractivity contribution in [2.24, 2.45) is 0 Å². The minimum absolute atomic E-state index is 0.0682. The summed E-state index contributed by atoms with van der Waals surface area (Å²) in [4.78, 5) is 4.50.